The Morgan fingerprint density at radius 2 is 2.25 bits per heavy atom. The molecule has 0 saturated carbocycles. The molecule has 0 heterocycles. The molecule has 0 aromatic rings. The highest BCUT2D eigenvalue weighted by molar-refractivity contribution is 5.11. The molecule has 0 radical (unpaired) electrons. The predicted octanol–water partition coefficient (Wildman–Crippen LogP) is 3.95. The normalized spacial score (nSPS) is 29.8. The number of hydrogen-bond donors (Lipinski definition) is 0. The third-order valence-electron chi connectivity index (χ3n) is 2.72. The largest absolute Gasteiger partial charge is 0.0888 e. The van der Waals surface area contributed by atoms with Crippen LogP contribution in [0.15, 0.2) is 23.8 Å². The van der Waals surface area contributed by atoms with E-state index in [0.717, 1.165) is 11.8 Å². The summed E-state index contributed by atoms with van der Waals surface area (Å²) in [5.41, 5.74) is 1.58. The van der Waals surface area contributed by atoms with Crippen LogP contribution in [0.2, 0.25) is 0 Å². The van der Waals surface area contributed by atoms with E-state index in [1.807, 2.05) is 0 Å². The lowest BCUT2D eigenvalue weighted by Crippen LogP contribution is -2.02. The standard InChI is InChI=1S/C12H20/c1-4-5-6-7-12-9-10(2)8-11(12)3/h5-6,8,11-12H,4,7,9H2,1-3H3/b6-5+/t11-,12?/m0/s1. The molecule has 1 aliphatic carbocycles. The molecule has 0 spiro atoms. The van der Waals surface area contributed by atoms with Crippen molar-refractivity contribution in [2.75, 3.05) is 0 Å². The van der Waals surface area contributed by atoms with Crippen molar-refractivity contribution in [1.29, 1.82) is 0 Å². The van der Waals surface area contributed by atoms with Crippen LogP contribution in [0.4, 0.5) is 0 Å². The Hall–Kier alpha value is -0.520. The molecule has 1 rings (SSSR count). The van der Waals surface area contributed by atoms with Crippen LogP contribution in [-0.4, -0.2) is 0 Å². The first-order valence-electron chi connectivity index (χ1n) is 5.06. The molecule has 0 aromatic carbocycles. The summed E-state index contributed by atoms with van der Waals surface area (Å²) in [6.07, 6.45) is 10.8. The Kier molecular flexibility index (Phi) is 3.58. The van der Waals surface area contributed by atoms with Gasteiger partial charge in [0.05, 0.1) is 0 Å². The summed E-state index contributed by atoms with van der Waals surface area (Å²) in [6, 6.07) is 0. The first-order valence-corrected chi connectivity index (χ1v) is 5.06. The molecule has 0 aromatic heterocycles. The third-order valence-corrected chi connectivity index (χ3v) is 2.72. The molecular formula is C12H20. The maximum absolute atomic E-state index is 2.42. The molecule has 1 aliphatic rings. The van der Waals surface area contributed by atoms with Crippen molar-refractivity contribution in [3.05, 3.63) is 23.8 Å². The average molecular weight is 164 g/mol. The van der Waals surface area contributed by atoms with Crippen molar-refractivity contribution in [3.8, 4) is 0 Å². The Morgan fingerprint density at radius 1 is 1.50 bits per heavy atom. The van der Waals surface area contributed by atoms with Gasteiger partial charge in [0, 0.05) is 0 Å². The Bertz CT molecular complexity index is 186. The molecule has 68 valence electrons. The van der Waals surface area contributed by atoms with E-state index in [9.17, 15) is 0 Å². The molecule has 12 heavy (non-hydrogen) atoms. The quantitative estimate of drug-likeness (QED) is 0.554. The van der Waals surface area contributed by atoms with Crippen LogP contribution in [0.25, 0.3) is 0 Å². The SMILES string of the molecule is CC/C=C/CC1CC(C)=C[C@@H]1C. The van der Waals surface area contributed by atoms with Gasteiger partial charge in [-0.3, -0.25) is 0 Å². The smallest absolute Gasteiger partial charge is 0.0225 e. The Morgan fingerprint density at radius 3 is 2.75 bits per heavy atom. The lowest BCUT2D eigenvalue weighted by Gasteiger charge is -2.11. The third kappa shape index (κ3) is 2.51. The number of rotatable bonds is 3. The second kappa shape index (κ2) is 4.49. The van der Waals surface area contributed by atoms with Crippen molar-refractivity contribution in [3.63, 3.8) is 0 Å². The van der Waals surface area contributed by atoms with E-state index in [4.69, 9.17) is 0 Å². The van der Waals surface area contributed by atoms with Gasteiger partial charge in [-0.2, -0.15) is 0 Å². The van der Waals surface area contributed by atoms with Crippen LogP contribution in [0.3, 0.4) is 0 Å². The molecule has 0 heteroatoms. The highest BCUT2D eigenvalue weighted by Gasteiger charge is 2.20. The van der Waals surface area contributed by atoms with Gasteiger partial charge < -0.3 is 0 Å². The molecule has 1 unspecified atom stereocenters. The minimum absolute atomic E-state index is 0.798. The second-order valence-corrected chi connectivity index (χ2v) is 3.95. The van der Waals surface area contributed by atoms with Crippen LogP contribution < -0.4 is 0 Å². The molecule has 0 saturated heterocycles. The highest BCUT2D eigenvalue weighted by Crippen LogP contribution is 2.32. The van der Waals surface area contributed by atoms with E-state index in [-0.39, 0.29) is 0 Å². The summed E-state index contributed by atoms with van der Waals surface area (Å²) in [6.45, 7) is 6.78. The van der Waals surface area contributed by atoms with Crippen molar-refractivity contribution in [2.24, 2.45) is 11.8 Å². The zero-order valence-electron chi connectivity index (χ0n) is 8.51. The second-order valence-electron chi connectivity index (χ2n) is 3.95. The lowest BCUT2D eigenvalue weighted by atomic mass is 9.93. The first-order chi connectivity index (χ1) is 5.74. The van der Waals surface area contributed by atoms with Crippen LogP contribution in [0.1, 0.15) is 40.0 Å². The number of allylic oxidation sites excluding steroid dienone is 4. The van der Waals surface area contributed by atoms with Crippen molar-refractivity contribution in [1.82, 2.24) is 0 Å². The van der Waals surface area contributed by atoms with Crippen molar-refractivity contribution >= 4 is 0 Å². The van der Waals surface area contributed by atoms with Gasteiger partial charge in [0.1, 0.15) is 0 Å². The molecule has 0 nitrogen and oxygen atoms in total. The minimum Gasteiger partial charge on any atom is -0.0888 e. The monoisotopic (exact) mass is 164 g/mol. The maximum atomic E-state index is 2.42. The summed E-state index contributed by atoms with van der Waals surface area (Å²) in [5, 5.41) is 0. The van der Waals surface area contributed by atoms with Gasteiger partial charge in [-0.25, -0.2) is 0 Å². The molecule has 0 aliphatic heterocycles. The zero-order valence-corrected chi connectivity index (χ0v) is 8.51. The van der Waals surface area contributed by atoms with Crippen LogP contribution in [0, 0.1) is 11.8 Å². The Balaban J connectivity index is 2.32. The van der Waals surface area contributed by atoms with Gasteiger partial charge >= 0.3 is 0 Å². The topological polar surface area (TPSA) is 0 Å². The lowest BCUT2D eigenvalue weighted by molar-refractivity contribution is 0.454. The zero-order chi connectivity index (χ0) is 8.97. The van der Waals surface area contributed by atoms with E-state index in [1.165, 1.54) is 19.3 Å². The molecule has 0 amide bonds. The van der Waals surface area contributed by atoms with Crippen molar-refractivity contribution < 1.29 is 0 Å². The van der Waals surface area contributed by atoms with E-state index < -0.39 is 0 Å². The van der Waals surface area contributed by atoms with Crippen LogP contribution in [-0.2, 0) is 0 Å². The highest BCUT2D eigenvalue weighted by atomic mass is 14.2. The molecular weight excluding hydrogens is 144 g/mol. The molecule has 0 N–H and O–H groups in total. The molecule has 0 bridgehead atoms. The van der Waals surface area contributed by atoms with Gasteiger partial charge in [0.25, 0.3) is 0 Å². The summed E-state index contributed by atoms with van der Waals surface area (Å²) >= 11 is 0. The first kappa shape index (κ1) is 9.57. The average Bonchev–Trinajstić information content (AvgIpc) is 2.31. The van der Waals surface area contributed by atoms with Gasteiger partial charge in [0.15, 0.2) is 0 Å². The fourth-order valence-electron chi connectivity index (χ4n) is 1.99. The predicted molar refractivity (Wildman–Crippen MR) is 55.1 cm³/mol. The van der Waals surface area contributed by atoms with Crippen LogP contribution in [0.5, 0.6) is 0 Å². The molecule has 0 fully saturated rings. The van der Waals surface area contributed by atoms with E-state index in [2.05, 4.69) is 39.0 Å². The van der Waals surface area contributed by atoms with Gasteiger partial charge in [-0.15, -0.1) is 0 Å². The van der Waals surface area contributed by atoms with Crippen molar-refractivity contribution in [2.45, 2.75) is 40.0 Å². The minimum atomic E-state index is 0.798. The van der Waals surface area contributed by atoms with E-state index >= 15 is 0 Å². The maximum Gasteiger partial charge on any atom is -0.0225 e. The van der Waals surface area contributed by atoms with Gasteiger partial charge in [0.2, 0.25) is 0 Å². The fourth-order valence-corrected chi connectivity index (χ4v) is 1.99. The molecule has 2 atom stereocenters. The summed E-state index contributed by atoms with van der Waals surface area (Å²) < 4.78 is 0. The van der Waals surface area contributed by atoms with Gasteiger partial charge in [-0.1, -0.05) is 37.6 Å². The number of hydrogen-bond acceptors (Lipinski definition) is 0. The fraction of sp³-hybridized carbons (Fsp3) is 0.667. The summed E-state index contributed by atoms with van der Waals surface area (Å²) in [4.78, 5) is 0. The summed E-state index contributed by atoms with van der Waals surface area (Å²) in [7, 11) is 0. The Labute approximate surface area is 76.4 Å². The van der Waals surface area contributed by atoms with E-state index in [1.54, 1.807) is 5.57 Å². The van der Waals surface area contributed by atoms with E-state index in [0.29, 0.717) is 0 Å². The summed E-state index contributed by atoms with van der Waals surface area (Å²) in [5.74, 6) is 1.68. The van der Waals surface area contributed by atoms with Gasteiger partial charge in [-0.05, 0) is 38.0 Å². The van der Waals surface area contributed by atoms with Crippen LogP contribution >= 0.6 is 0 Å².